The number of rotatable bonds is 6. The largest absolute Gasteiger partial charge is 0.348 e. The summed E-state index contributed by atoms with van der Waals surface area (Å²) in [7, 11) is 0. The van der Waals surface area contributed by atoms with Crippen molar-refractivity contribution in [1.29, 1.82) is 0 Å². The van der Waals surface area contributed by atoms with E-state index in [2.05, 4.69) is 20.9 Å². The molecule has 3 rings (SSSR count). The summed E-state index contributed by atoms with van der Waals surface area (Å²) in [6, 6.07) is 19.6. The molecular formula is C23H22N4O3. The van der Waals surface area contributed by atoms with E-state index >= 15 is 0 Å². The van der Waals surface area contributed by atoms with Gasteiger partial charge in [-0.15, -0.1) is 0 Å². The van der Waals surface area contributed by atoms with E-state index in [-0.39, 0.29) is 23.7 Å². The van der Waals surface area contributed by atoms with Crippen molar-refractivity contribution in [3.8, 4) is 0 Å². The molecule has 3 amide bonds. The molecule has 0 spiro atoms. The van der Waals surface area contributed by atoms with Crippen LogP contribution in [0.15, 0.2) is 72.9 Å². The number of nitrogens with one attached hydrogen (secondary N) is 3. The first-order valence-electron chi connectivity index (χ1n) is 9.45. The third-order valence-corrected chi connectivity index (χ3v) is 4.48. The highest BCUT2D eigenvalue weighted by Gasteiger charge is 2.18. The van der Waals surface area contributed by atoms with Crippen LogP contribution in [-0.2, 0) is 22.7 Å². The van der Waals surface area contributed by atoms with E-state index in [9.17, 15) is 14.4 Å². The Hall–Kier alpha value is -4.00. The van der Waals surface area contributed by atoms with Gasteiger partial charge in [-0.3, -0.25) is 19.4 Å². The smallest absolute Gasteiger partial charge is 0.313 e. The molecule has 7 heteroatoms. The van der Waals surface area contributed by atoms with Gasteiger partial charge in [0.2, 0.25) is 0 Å². The zero-order valence-electron chi connectivity index (χ0n) is 16.5. The first-order chi connectivity index (χ1) is 14.5. The van der Waals surface area contributed by atoms with E-state index in [0.717, 1.165) is 11.1 Å². The molecule has 1 heterocycles. The highest BCUT2D eigenvalue weighted by molar-refractivity contribution is 6.40. The van der Waals surface area contributed by atoms with Crippen molar-refractivity contribution in [2.24, 2.45) is 0 Å². The maximum Gasteiger partial charge on any atom is 0.313 e. The van der Waals surface area contributed by atoms with Crippen molar-refractivity contribution in [3.05, 3.63) is 95.3 Å². The van der Waals surface area contributed by atoms with Crippen molar-refractivity contribution < 1.29 is 14.4 Å². The minimum atomic E-state index is -0.856. The fraction of sp³-hybridized carbons (Fsp3) is 0.130. The average molecular weight is 402 g/mol. The Morgan fingerprint density at radius 2 is 1.53 bits per heavy atom. The Balaban J connectivity index is 1.61. The molecule has 0 aliphatic heterocycles. The number of hydrogen-bond acceptors (Lipinski definition) is 4. The van der Waals surface area contributed by atoms with Crippen molar-refractivity contribution in [2.75, 3.05) is 5.32 Å². The van der Waals surface area contributed by atoms with Crippen LogP contribution in [0.5, 0.6) is 0 Å². The summed E-state index contributed by atoms with van der Waals surface area (Å²) in [6.07, 6.45) is 1.60. The van der Waals surface area contributed by atoms with Gasteiger partial charge in [0, 0.05) is 12.7 Å². The van der Waals surface area contributed by atoms with Crippen LogP contribution >= 0.6 is 0 Å². The average Bonchev–Trinajstić information content (AvgIpc) is 2.77. The van der Waals surface area contributed by atoms with Gasteiger partial charge in [0.05, 0.1) is 23.5 Å². The Bertz CT molecular complexity index is 1050. The molecule has 0 saturated carbocycles. The van der Waals surface area contributed by atoms with Crippen molar-refractivity contribution >= 4 is 23.4 Å². The lowest BCUT2D eigenvalue weighted by molar-refractivity contribution is -0.136. The Kier molecular flexibility index (Phi) is 6.89. The van der Waals surface area contributed by atoms with Crippen LogP contribution in [0, 0.1) is 6.92 Å². The summed E-state index contributed by atoms with van der Waals surface area (Å²) in [6.45, 7) is 2.46. The number of pyridine rings is 1. The Morgan fingerprint density at radius 1 is 0.800 bits per heavy atom. The number of hydrogen-bond donors (Lipinski definition) is 3. The predicted octanol–water partition coefficient (Wildman–Crippen LogP) is 2.57. The topological polar surface area (TPSA) is 100 Å². The van der Waals surface area contributed by atoms with Crippen LogP contribution in [0.3, 0.4) is 0 Å². The molecule has 0 bridgehead atoms. The Morgan fingerprint density at radius 3 is 2.30 bits per heavy atom. The highest BCUT2D eigenvalue weighted by Crippen LogP contribution is 2.15. The minimum Gasteiger partial charge on any atom is -0.348 e. The number of para-hydroxylation sites is 1. The molecule has 30 heavy (non-hydrogen) atoms. The third kappa shape index (κ3) is 5.51. The van der Waals surface area contributed by atoms with E-state index in [1.54, 1.807) is 48.7 Å². The molecule has 152 valence electrons. The maximum absolute atomic E-state index is 12.6. The van der Waals surface area contributed by atoms with Gasteiger partial charge in [-0.25, -0.2) is 0 Å². The van der Waals surface area contributed by atoms with Crippen molar-refractivity contribution in [3.63, 3.8) is 0 Å². The quantitative estimate of drug-likeness (QED) is 0.552. The number of carbonyl (C=O) groups excluding carboxylic acids is 3. The van der Waals surface area contributed by atoms with Gasteiger partial charge in [0.25, 0.3) is 5.91 Å². The molecule has 0 aliphatic carbocycles. The normalized spacial score (nSPS) is 10.2. The van der Waals surface area contributed by atoms with Gasteiger partial charge in [-0.05, 0) is 42.3 Å². The summed E-state index contributed by atoms with van der Waals surface area (Å²) >= 11 is 0. The van der Waals surface area contributed by atoms with Crippen LogP contribution in [0.2, 0.25) is 0 Å². The predicted molar refractivity (Wildman–Crippen MR) is 114 cm³/mol. The van der Waals surface area contributed by atoms with Gasteiger partial charge < -0.3 is 16.0 Å². The van der Waals surface area contributed by atoms with E-state index < -0.39 is 11.8 Å². The van der Waals surface area contributed by atoms with E-state index in [1.807, 2.05) is 31.2 Å². The first kappa shape index (κ1) is 20.7. The fourth-order valence-electron chi connectivity index (χ4n) is 2.80. The second-order valence-electron chi connectivity index (χ2n) is 6.61. The molecule has 2 aromatic carbocycles. The molecule has 3 aromatic rings. The van der Waals surface area contributed by atoms with E-state index in [4.69, 9.17) is 0 Å². The molecule has 0 saturated heterocycles. The summed E-state index contributed by atoms with van der Waals surface area (Å²) in [4.78, 5) is 41.1. The summed E-state index contributed by atoms with van der Waals surface area (Å²) < 4.78 is 0. The molecule has 0 fully saturated rings. The summed E-state index contributed by atoms with van der Waals surface area (Å²) in [5, 5.41) is 7.86. The molecule has 1 aromatic heterocycles. The lowest BCUT2D eigenvalue weighted by atomic mass is 10.1. The second-order valence-corrected chi connectivity index (χ2v) is 6.61. The summed E-state index contributed by atoms with van der Waals surface area (Å²) in [5.41, 5.74) is 3.24. The van der Waals surface area contributed by atoms with Gasteiger partial charge in [-0.2, -0.15) is 0 Å². The van der Waals surface area contributed by atoms with Crippen LogP contribution in [0.1, 0.15) is 27.2 Å². The highest BCUT2D eigenvalue weighted by atomic mass is 16.2. The van der Waals surface area contributed by atoms with Crippen LogP contribution in [0.4, 0.5) is 5.69 Å². The number of aryl methyl sites for hydroxylation is 1. The van der Waals surface area contributed by atoms with Gasteiger partial charge in [-0.1, -0.05) is 42.5 Å². The lowest BCUT2D eigenvalue weighted by Gasteiger charge is -2.12. The van der Waals surface area contributed by atoms with E-state index in [1.165, 1.54) is 0 Å². The molecule has 0 radical (unpaired) electrons. The number of amides is 3. The third-order valence-electron chi connectivity index (χ3n) is 4.48. The first-order valence-corrected chi connectivity index (χ1v) is 9.45. The standard InChI is InChI=1S/C23H22N4O3/c1-16-8-2-3-9-17(16)14-25-21(28)19-11-4-5-12-20(19)27-23(30)22(29)26-15-18-10-6-7-13-24-18/h2-13H,14-15H2,1H3,(H,25,28)(H,26,29)(H,27,30). The zero-order chi connectivity index (χ0) is 21.3. The number of aromatic nitrogens is 1. The molecular weight excluding hydrogens is 380 g/mol. The van der Waals surface area contributed by atoms with Crippen LogP contribution < -0.4 is 16.0 Å². The second kappa shape index (κ2) is 9.97. The Labute approximate surface area is 174 Å². The summed E-state index contributed by atoms with van der Waals surface area (Å²) in [5.74, 6) is -2.01. The SMILES string of the molecule is Cc1ccccc1CNC(=O)c1ccccc1NC(=O)C(=O)NCc1ccccn1. The van der Waals surface area contributed by atoms with Crippen molar-refractivity contribution in [2.45, 2.75) is 20.0 Å². The van der Waals surface area contributed by atoms with Gasteiger partial charge >= 0.3 is 11.8 Å². The number of carbonyl (C=O) groups is 3. The van der Waals surface area contributed by atoms with Gasteiger partial charge in [0.15, 0.2) is 0 Å². The molecule has 0 unspecified atom stereocenters. The maximum atomic E-state index is 12.6. The zero-order valence-corrected chi connectivity index (χ0v) is 16.5. The lowest BCUT2D eigenvalue weighted by Crippen LogP contribution is -2.35. The molecule has 0 aliphatic rings. The number of benzene rings is 2. The monoisotopic (exact) mass is 402 g/mol. The number of anilines is 1. The number of nitrogens with zero attached hydrogens (tertiary/aromatic N) is 1. The van der Waals surface area contributed by atoms with Crippen molar-refractivity contribution in [1.82, 2.24) is 15.6 Å². The minimum absolute atomic E-state index is 0.131. The molecule has 3 N–H and O–H groups in total. The fourth-order valence-corrected chi connectivity index (χ4v) is 2.80. The molecule has 0 atom stereocenters. The van der Waals surface area contributed by atoms with E-state index in [0.29, 0.717) is 12.2 Å². The molecule has 7 nitrogen and oxygen atoms in total. The van der Waals surface area contributed by atoms with Crippen LogP contribution in [-0.4, -0.2) is 22.7 Å². The van der Waals surface area contributed by atoms with Gasteiger partial charge in [0.1, 0.15) is 0 Å². The van der Waals surface area contributed by atoms with Crippen LogP contribution in [0.25, 0.3) is 0 Å².